The second-order valence-corrected chi connectivity index (χ2v) is 11.0. The van der Waals surface area contributed by atoms with E-state index < -0.39 is 29.9 Å². The van der Waals surface area contributed by atoms with Crippen molar-refractivity contribution >= 4 is 29.8 Å². The highest BCUT2D eigenvalue weighted by molar-refractivity contribution is 5.96. The predicted molar refractivity (Wildman–Crippen MR) is 161 cm³/mol. The summed E-state index contributed by atoms with van der Waals surface area (Å²) in [6, 6.07) is 9.66. The number of piperidine rings is 1. The summed E-state index contributed by atoms with van der Waals surface area (Å²) in [7, 11) is 1.39. The molecule has 4 rings (SSSR count). The lowest BCUT2D eigenvalue weighted by atomic mass is 9.97. The average molecular weight is 625 g/mol. The summed E-state index contributed by atoms with van der Waals surface area (Å²) in [6.45, 7) is 4.65. The Bertz CT molecular complexity index is 1360. The first-order valence-corrected chi connectivity index (χ1v) is 15.1. The van der Waals surface area contributed by atoms with Gasteiger partial charge in [0.25, 0.3) is 5.91 Å². The maximum absolute atomic E-state index is 13.6. The normalized spacial score (nSPS) is 16.5. The number of esters is 1. The molecule has 14 nitrogen and oxygen atoms in total. The van der Waals surface area contributed by atoms with Crippen molar-refractivity contribution < 1.29 is 38.6 Å². The van der Waals surface area contributed by atoms with Crippen LogP contribution in [0.3, 0.4) is 0 Å². The Morgan fingerprint density at radius 3 is 2.27 bits per heavy atom. The number of carbonyl (C=O) groups is 5. The van der Waals surface area contributed by atoms with Gasteiger partial charge in [0.05, 0.1) is 25.3 Å². The molecule has 0 bridgehead atoms. The molecule has 2 aliphatic heterocycles. The summed E-state index contributed by atoms with van der Waals surface area (Å²) < 4.78 is 9.92. The highest BCUT2D eigenvalue weighted by Crippen LogP contribution is 2.22. The van der Waals surface area contributed by atoms with E-state index in [0.29, 0.717) is 49.6 Å². The van der Waals surface area contributed by atoms with Gasteiger partial charge in [-0.25, -0.2) is 14.8 Å². The lowest BCUT2D eigenvalue weighted by Gasteiger charge is -2.36. The SMILES string of the molecule is CCOC(=O)N1CCN(C(=O)C(CCC(=O)O)NC(=O)c2cc(CN3CCC(C(=O)OC)CC3)nc(-c3ccccc3)n2)CC1. The Morgan fingerprint density at radius 1 is 0.978 bits per heavy atom. The molecule has 1 unspecified atom stereocenters. The number of carboxylic acids is 1. The molecule has 1 aromatic carbocycles. The minimum absolute atomic E-state index is 0.0450. The number of nitrogens with zero attached hydrogens (tertiary/aromatic N) is 5. The van der Waals surface area contributed by atoms with Gasteiger partial charge in [-0.2, -0.15) is 0 Å². The van der Waals surface area contributed by atoms with E-state index in [-0.39, 0.29) is 63.2 Å². The van der Waals surface area contributed by atoms with Crippen molar-refractivity contribution in [3.63, 3.8) is 0 Å². The Kier molecular flexibility index (Phi) is 11.8. The van der Waals surface area contributed by atoms with Crippen molar-refractivity contribution in [3.05, 3.63) is 47.8 Å². The molecule has 14 heteroatoms. The van der Waals surface area contributed by atoms with Gasteiger partial charge in [0.1, 0.15) is 11.7 Å². The quantitative estimate of drug-likeness (QED) is 0.349. The van der Waals surface area contributed by atoms with Gasteiger partial charge < -0.3 is 29.7 Å². The number of piperazine rings is 1. The summed E-state index contributed by atoms with van der Waals surface area (Å²) in [5, 5.41) is 12.0. The van der Waals surface area contributed by atoms with Crippen LogP contribution < -0.4 is 5.32 Å². The van der Waals surface area contributed by atoms with Crippen LogP contribution in [0.5, 0.6) is 0 Å². The van der Waals surface area contributed by atoms with Crippen molar-refractivity contribution in [2.75, 3.05) is 53.0 Å². The number of nitrogens with one attached hydrogen (secondary N) is 1. The number of hydrogen-bond donors (Lipinski definition) is 2. The molecule has 3 amide bonds. The molecule has 242 valence electrons. The van der Waals surface area contributed by atoms with Gasteiger partial charge in [0.15, 0.2) is 5.82 Å². The predicted octanol–water partition coefficient (Wildman–Crippen LogP) is 1.79. The van der Waals surface area contributed by atoms with Gasteiger partial charge in [0, 0.05) is 44.7 Å². The summed E-state index contributed by atoms with van der Waals surface area (Å²) in [4.78, 5) is 76.9. The van der Waals surface area contributed by atoms with Gasteiger partial charge in [-0.05, 0) is 45.3 Å². The Morgan fingerprint density at radius 2 is 1.64 bits per heavy atom. The van der Waals surface area contributed by atoms with E-state index in [9.17, 15) is 29.1 Å². The Balaban J connectivity index is 1.51. The average Bonchev–Trinajstić information content (AvgIpc) is 3.06. The van der Waals surface area contributed by atoms with Crippen LogP contribution in [-0.4, -0.2) is 119 Å². The number of amides is 3. The van der Waals surface area contributed by atoms with Crippen LogP contribution in [-0.2, 0) is 30.4 Å². The number of carbonyl (C=O) groups excluding carboxylic acids is 4. The van der Waals surface area contributed by atoms with E-state index in [0.717, 1.165) is 0 Å². The molecule has 2 aromatic rings. The van der Waals surface area contributed by atoms with Crippen LogP contribution in [0.15, 0.2) is 36.4 Å². The Labute approximate surface area is 261 Å². The van der Waals surface area contributed by atoms with Crippen LogP contribution >= 0.6 is 0 Å². The number of ether oxygens (including phenoxy) is 2. The van der Waals surface area contributed by atoms with Crippen molar-refractivity contribution in [3.8, 4) is 11.4 Å². The topological polar surface area (TPSA) is 172 Å². The zero-order valence-electron chi connectivity index (χ0n) is 25.6. The first kappa shape index (κ1) is 33.3. The molecule has 2 fully saturated rings. The fourth-order valence-electron chi connectivity index (χ4n) is 5.44. The third kappa shape index (κ3) is 9.20. The summed E-state index contributed by atoms with van der Waals surface area (Å²) in [5.74, 6) is -2.18. The van der Waals surface area contributed by atoms with Crippen LogP contribution in [0, 0.1) is 5.92 Å². The van der Waals surface area contributed by atoms with Gasteiger partial charge in [-0.3, -0.25) is 24.1 Å². The summed E-state index contributed by atoms with van der Waals surface area (Å²) in [5.41, 5.74) is 1.34. The number of benzene rings is 1. The van der Waals surface area contributed by atoms with Gasteiger partial charge in [-0.15, -0.1) is 0 Å². The Hall–Kier alpha value is -4.59. The zero-order chi connectivity index (χ0) is 32.3. The molecule has 3 heterocycles. The number of methoxy groups -OCH3 is 1. The van der Waals surface area contributed by atoms with Crippen molar-refractivity contribution in [1.29, 1.82) is 0 Å². The van der Waals surface area contributed by atoms with Crippen LogP contribution in [0.2, 0.25) is 0 Å². The first-order chi connectivity index (χ1) is 21.7. The van der Waals surface area contributed by atoms with Gasteiger partial charge in [-0.1, -0.05) is 30.3 Å². The smallest absolute Gasteiger partial charge is 0.409 e. The molecule has 1 atom stereocenters. The van der Waals surface area contributed by atoms with Crippen molar-refractivity contribution in [2.45, 2.75) is 45.2 Å². The van der Waals surface area contributed by atoms with Crippen LogP contribution in [0.1, 0.15) is 48.8 Å². The molecule has 0 aliphatic carbocycles. The van der Waals surface area contributed by atoms with E-state index in [1.165, 1.54) is 16.9 Å². The molecule has 1 aromatic heterocycles. The van der Waals surface area contributed by atoms with E-state index >= 15 is 0 Å². The van der Waals surface area contributed by atoms with Crippen LogP contribution in [0.4, 0.5) is 4.79 Å². The maximum atomic E-state index is 13.6. The molecule has 0 spiro atoms. The third-order valence-corrected chi connectivity index (χ3v) is 7.92. The lowest BCUT2D eigenvalue weighted by Crippen LogP contribution is -2.56. The molecule has 2 N–H and O–H groups in total. The molecule has 45 heavy (non-hydrogen) atoms. The monoisotopic (exact) mass is 624 g/mol. The number of carboxylic acid groups (broad SMARTS) is 1. The fourth-order valence-corrected chi connectivity index (χ4v) is 5.44. The standard InChI is InChI=1S/C31H40N6O8/c1-3-45-31(43)37-17-15-36(16-18-37)29(41)24(9-10-26(38)39)34-28(40)25-19-23(32-27(33-25)21-7-5-4-6-8-21)20-35-13-11-22(12-14-35)30(42)44-2/h4-8,19,22,24H,3,9-18,20H2,1-2H3,(H,34,40)(H,38,39). The number of likely N-dealkylation sites (tertiary alicyclic amines) is 1. The number of hydrogen-bond acceptors (Lipinski definition) is 10. The molecular formula is C31H40N6O8. The largest absolute Gasteiger partial charge is 0.481 e. The molecule has 0 radical (unpaired) electrons. The second-order valence-electron chi connectivity index (χ2n) is 11.0. The van der Waals surface area contributed by atoms with E-state index in [2.05, 4.69) is 15.2 Å². The molecule has 2 saturated heterocycles. The van der Waals surface area contributed by atoms with E-state index in [1.807, 2.05) is 30.3 Å². The maximum Gasteiger partial charge on any atom is 0.409 e. The second kappa shape index (κ2) is 15.9. The number of aromatic nitrogens is 2. The number of rotatable bonds is 11. The van der Waals surface area contributed by atoms with E-state index in [1.54, 1.807) is 13.0 Å². The number of aliphatic carboxylic acids is 1. The third-order valence-electron chi connectivity index (χ3n) is 7.92. The van der Waals surface area contributed by atoms with Crippen molar-refractivity contribution in [2.24, 2.45) is 5.92 Å². The van der Waals surface area contributed by atoms with Gasteiger partial charge in [0.2, 0.25) is 5.91 Å². The summed E-state index contributed by atoms with van der Waals surface area (Å²) in [6.07, 6.45) is 0.403. The van der Waals surface area contributed by atoms with E-state index in [4.69, 9.17) is 14.5 Å². The lowest BCUT2D eigenvalue weighted by molar-refractivity contribution is -0.147. The molecule has 2 aliphatic rings. The molecular weight excluding hydrogens is 584 g/mol. The minimum Gasteiger partial charge on any atom is -0.481 e. The zero-order valence-corrected chi connectivity index (χ0v) is 25.6. The minimum atomic E-state index is -1.11. The summed E-state index contributed by atoms with van der Waals surface area (Å²) >= 11 is 0. The highest BCUT2D eigenvalue weighted by Gasteiger charge is 2.32. The van der Waals surface area contributed by atoms with Crippen LogP contribution in [0.25, 0.3) is 11.4 Å². The van der Waals surface area contributed by atoms with Gasteiger partial charge >= 0.3 is 18.0 Å². The fraction of sp³-hybridized carbons (Fsp3) is 0.516. The van der Waals surface area contributed by atoms with Crippen molar-refractivity contribution in [1.82, 2.24) is 30.0 Å². The molecule has 0 saturated carbocycles. The highest BCUT2D eigenvalue weighted by atomic mass is 16.6. The first-order valence-electron chi connectivity index (χ1n) is 15.1.